The molecule has 0 saturated heterocycles. The van der Waals surface area contributed by atoms with Crippen LogP contribution in [0.3, 0.4) is 0 Å². The maximum Gasteiger partial charge on any atom is 0.136 e. The maximum atomic E-state index is 13.1. The number of hydrogen-bond donors (Lipinski definition) is 1. The van der Waals surface area contributed by atoms with E-state index in [4.69, 9.17) is 10.5 Å². The first-order valence-corrected chi connectivity index (χ1v) is 5.11. The van der Waals surface area contributed by atoms with Crippen molar-refractivity contribution < 1.29 is 9.13 Å². The fraction of sp³-hybridized carbons (Fsp3) is 0.400. The van der Waals surface area contributed by atoms with Crippen LogP contribution in [0.15, 0.2) is 16.6 Å². The summed E-state index contributed by atoms with van der Waals surface area (Å²) >= 11 is 3.36. The lowest BCUT2D eigenvalue weighted by molar-refractivity contribution is 0.407. The number of halogens is 2. The topological polar surface area (TPSA) is 35.2 Å². The molecular formula is C10H13BrFNO. The third kappa shape index (κ3) is 2.69. The van der Waals surface area contributed by atoms with Crippen molar-refractivity contribution in [2.45, 2.75) is 19.4 Å². The molecule has 0 fully saturated rings. The molecule has 0 amide bonds. The van der Waals surface area contributed by atoms with E-state index in [1.54, 1.807) is 0 Å². The summed E-state index contributed by atoms with van der Waals surface area (Å²) in [6.07, 6.45) is 0.620. The highest BCUT2D eigenvalue weighted by Crippen LogP contribution is 2.30. The molecule has 78 valence electrons. The highest BCUT2D eigenvalue weighted by molar-refractivity contribution is 9.10. The van der Waals surface area contributed by atoms with Gasteiger partial charge in [0.25, 0.3) is 0 Å². The SMILES string of the molecule is COc1cc(F)cc(CC(C)N)c1Br. The van der Waals surface area contributed by atoms with Gasteiger partial charge in [-0.2, -0.15) is 0 Å². The van der Waals surface area contributed by atoms with Crippen LogP contribution in [0.25, 0.3) is 0 Å². The van der Waals surface area contributed by atoms with E-state index in [9.17, 15) is 4.39 Å². The molecule has 0 bridgehead atoms. The summed E-state index contributed by atoms with van der Waals surface area (Å²) in [6, 6.07) is 2.81. The van der Waals surface area contributed by atoms with Crippen LogP contribution >= 0.6 is 15.9 Å². The minimum atomic E-state index is -0.305. The summed E-state index contributed by atoms with van der Waals surface area (Å²) in [7, 11) is 1.51. The Labute approximate surface area is 91.4 Å². The smallest absolute Gasteiger partial charge is 0.136 e. The van der Waals surface area contributed by atoms with Crippen molar-refractivity contribution in [3.63, 3.8) is 0 Å². The Balaban J connectivity index is 3.08. The van der Waals surface area contributed by atoms with E-state index in [-0.39, 0.29) is 11.9 Å². The molecule has 14 heavy (non-hydrogen) atoms. The second kappa shape index (κ2) is 4.75. The Morgan fingerprint density at radius 2 is 2.21 bits per heavy atom. The molecule has 1 aromatic rings. The fourth-order valence-electron chi connectivity index (χ4n) is 1.26. The molecule has 0 aromatic heterocycles. The van der Waals surface area contributed by atoms with Gasteiger partial charge in [-0.3, -0.25) is 0 Å². The van der Waals surface area contributed by atoms with Gasteiger partial charge in [0, 0.05) is 12.1 Å². The Morgan fingerprint density at radius 1 is 1.57 bits per heavy atom. The summed E-state index contributed by atoms with van der Waals surface area (Å²) < 4.78 is 18.9. The average Bonchev–Trinajstić information content (AvgIpc) is 2.09. The van der Waals surface area contributed by atoms with Crippen molar-refractivity contribution in [2.24, 2.45) is 5.73 Å². The zero-order chi connectivity index (χ0) is 10.7. The molecule has 0 spiro atoms. The zero-order valence-corrected chi connectivity index (χ0v) is 9.77. The third-order valence-corrected chi connectivity index (χ3v) is 2.74. The fourth-order valence-corrected chi connectivity index (χ4v) is 1.81. The zero-order valence-electron chi connectivity index (χ0n) is 8.18. The first kappa shape index (κ1) is 11.5. The van der Waals surface area contributed by atoms with Crippen LogP contribution in [0.4, 0.5) is 4.39 Å². The Bertz CT molecular complexity index is 328. The van der Waals surface area contributed by atoms with Crippen LogP contribution in [-0.4, -0.2) is 13.2 Å². The summed E-state index contributed by atoms with van der Waals surface area (Å²) in [6.45, 7) is 1.88. The second-order valence-corrected chi connectivity index (χ2v) is 4.06. The monoisotopic (exact) mass is 261 g/mol. The predicted molar refractivity (Wildman–Crippen MR) is 58.0 cm³/mol. The van der Waals surface area contributed by atoms with Crippen LogP contribution in [0.2, 0.25) is 0 Å². The molecule has 1 atom stereocenters. The van der Waals surface area contributed by atoms with Gasteiger partial charge < -0.3 is 10.5 Å². The highest BCUT2D eigenvalue weighted by atomic mass is 79.9. The van der Waals surface area contributed by atoms with E-state index in [2.05, 4.69) is 15.9 Å². The molecule has 1 aromatic carbocycles. The van der Waals surface area contributed by atoms with Gasteiger partial charge in [0.2, 0.25) is 0 Å². The molecule has 2 nitrogen and oxygen atoms in total. The van der Waals surface area contributed by atoms with E-state index in [1.165, 1.54) is 19.2 Å². The van der Waals surface area contributed by atoms with Crippen LogP contribution in [-0.2, 0) is 6.42 Å². The molecule has 1 rings (SSSR count). The molecule has 0 radical (unpaired) electrons. The quantitative estimate of drug-likeness (QED) is 0.908. The lowest BCUT2D eigenvalue weighted by atomic mass is 10.1. The van der Waals surface area contributed by atoms with Crippen molar-refractivity contribution in [3.8, 4) is 5.75 Å². The molecule has 0 heterocycles. The second-order valence-electron chi connectivity index (χ2n) is 3.26. The van der Waals surface area contributed by atoms with Crippen LogP contribution in [0.1, 0.15) is 12.5 Å². The van der Waals surface area contributed by atoms with E-state index in [1.807, 2.05) is 6.92 Å². The van der Waals surface area contributed by atoms with Crippen LogP contribution in [0.5, 0.6) is 5.75 Å². The van der Waals surface area contributed by atoms with Gasteiger partial charge in [0.15, 0.2) is 0 Å². The number of methoxy groups -OCH3 is 1. The van der Waals surface area contributed by atoms with E-state index in [0.717, 1.165) is 10.0 Å². The van der Waals surface area contributed by atoms with Crippen molar-refractivity contribution in [1.82, 2.24) is 0 Å². The van der Waals surface area contributed by atoms with E-state index < -0.39 is 0 Å². The molecule has 0 aliphatic carbocycles. The lowest BCUT2D eigenvalue weighted by Gasteiger charge is -2.11. The minimum absolute atomic E-state index is 0.00203. The van der Waals surface area contributed by atoms with Gasteiger partial charge in [-0.05, 0) is 40.9 Å². The molecule has 0 aliphatic heterocycles. The highest BCUT2D eigenvalue weighted by Gasteiger charge is 2.10. The van der Waals surface area contributed by atoms with Gasteiger partial charge >= 0.3 is 0 Å². The average molecular weight is 262 g/mol. The summed E-state index contributed by atoms with van der Waals surface area (Å²) in [5.74, 6) is 0.196. The van der Waals surface area contributed by atoms with Crippen LogP contribution < -0.4 is 10.5 Å². The number of ether oxygens (including phenoxy) is 1. The molecule has 4 heteroatoms. The largest absolute Gasteiger partial charge is 0.495 e. The summed E-state index contributed by atoms with van der Waals surface area (Å²) in [5.41, 5.74) is 6.48. The first-order valence-electron chi connectivity index (χ1n) is 4.32. The lowest BCUT2D eigenvalue weighted by Crippen LogP contribution is -2.18. The summed E-state index contributed by atoms with van der Waals surface area (Å²) in [5, 5.41) is 0. The Hall–Kier alpha value is -0.610. The molecule has 1 unspecified atom stereocenters. The van der Waals surface area contributed by atoms with Gasteiger partial charge in [-0.25, -0.2) is 4.39 Å². The molecular weight excluding hydrogens is 249 g/mol. The maximum absolute atomic E-state index is 13.1. The third-order valence-electron chi connectivity index (χ3n) is 1.84. The summed E-state index contributed by atoms with van der Waals surface area (Å²) in [4.78, 5) is 0. The number of rotatable bonds is 3. The van der Waals surface area contributed by atoms with Gasteiger partial charge in [0.1, 0.15) is 11.6 Å². The van der Waals surface area contributed by atoms with Crippen molar-refractivity contribution in [1.29, 1.82) is 0 Å². The number of hydrogen-bond acceptors (Lipinski definition) is 2. The van der Waals surface area contributed by atoms with Crippen LogP contribution in [0, 0.1) is 5.82 Å². The standard InChI is InChI=1S/C10H13BrFNO/c1-6(13)3-7-4-8(12)5-9(14-2)10(7)11/h4-6H,3,13H2,1-2H3. The van der Waals surface area contributed by atoms with Crippen molar-refractivity contribution >= 4 is 15.9 Å². The Kier molecular flexibility index (Phi) is 3.89. The van der Waals surface area contributed by atoms with Gasteiger partial charge in [0.05, 0.1) is 11.6 Å². The van der Waals surface area contributed by atoms with E-state index in [0.29, 0.717) is 12.2 Å². The molecule has 0 saturated carbocycles. The van der Waals surface area contributed by atoms with Crippen molar-refractivity contribution in [3.05, 3.63) is 28.0 Å². The van der Waals surface area contributed by atoms with Gasteiger partial charge in [-0.15, -0.1) is 0 Å². The molecule has 2 N–H and O–H groups in total. The number of benzene rings is 1. The number of nitrogens with two attached hydrogens (primary N) is 1. The molecule has 0 aliphatic rings. The van der Waals surface area contributed by atoms with Gasteiger partial charge in [-0.1, -0.05) is 0 Å². The normalized spacial score (nSPS) is 12.6. The first-order chi connectivity index (χ1) is 6.54. The minimum Gasteiger partial charge on any atom is -0.495 e. The Morgan fingerprint density at radius 3 is 2.71 bits per heavy atom. The predicted octanol–water partition coefficient (Wildman–Crippen LogP) is 2.49. The van der Waals surface area contributed by atoms with Crippen molar-refractivity contribution in [2.75, 3.05) is 7.11 Å². The van der Waals surface area contributed by atoms with E-state index >= 15 is 0 Å².